The SMILES string of the molecule is CC(=O)Cc1ccc(-c2cnc3n[nH]c(-c4nc5c(C(=O)N(C)C)cncc5[nH]4)c3c2)cn1. The van der Waals surface area contributed by atoms with Crippen molar-refractivity contribution in [3.63, 3.8) is 0 Å². The zero-order valence-electron chi connectivity index (χ0n) is 18.2. The summed E-state index contributed by atoms with van der Waals surface area (Å²) in [5, 5.41) is 8.06. The summed E-state index contributed by atoms with van der Waals surface area (Å²) in [6.45, 7) is 1.54. The number of fused-ring (bicyclic) bond motifs is 2. The lowest BCUT2D eigenvalue weighted by Gasteiger charge is -2.09. The van der Waals surface area contributed by atoms with Gasteiger partial charge in [-0.3, -0.25) is 24.7 Å². The first-order chi connectivity index (χ1) is 15.9. The van der Waals surface area contributed by atoms with Crippen molar-refractivity contribution in [2.75, 3.05) is 14.1 Å². The second-order valence-corrected chi connectivity index (χ2v) is 7.98. The van der Waals surface area contributed by atoms with Gasteiger partial charge in [0, 0.05) is 55.9 Å². The Bertz CT molecular complexity index is 1520. The van der Waals surface area contributed by atoms with Gasteiger partial charge in [0.15, 0.2) is 11.5 Å². The minimum Gasteiger partial charge on any atom is -0.345 e. The highest BCUT2D eigenvalue weighted by molar-refractivity contribution is 6.05. The molecule has 164 valence electrons. The van der Waals surface area contributed by atoms with Crippen molar-refractivity contribution in [2.24, 2.45) is 0 Å². The van der Waals surface area contributed by atoms with E-state index >= 15 is 0 Å². The lowest BCUT2D eigenvalue weighted by atomic mass is 10.1. The lowest BCUT2D eigenvalue weighted by Crippen LogP contribution is -2.22. The molecule has 5 rings (SSSR count). The molecular formula is C23H20N8O2. The van der Waals surface area contributed by atoms with Gasteiger partial charge in [0.25, 0.3) is 5.91 Å². The molecule has 0 atom stereocenters. The van der Waals surface area contributed by atoms with E-state index < -0.39 is 0 Å². The Labute approximate surface area is 188 Å². The quantitative estimate of drug-likeness (QED) is 0.429. The number of rotatable bonds is 5. The second kappa shape index (κ2) is 7.90. The number of aromatic amines is 2. The summed E-state index contributed by atoms with van der Waals surface area (Å²) in [5.74, 6) is 0.422. The van der Waals surface area contributed by atoms with E-state index in [2.05, 4.69) is 35.1 Å². The van der Waals surface area contributed by atoms with Crippen LogP contribution in [0.25, 0.3) is 44.7 Å². The Morgan fingerprint density at radius 1 is 1.03 bits per heavy atom. The van der Waals surface area contributed by atoms with Gasteiger partial charge in [-0.1, -0.05) is 6.07 Å². The summed E-state index contributed by atoms with van der Waals surface area (Å²) >= 11 is 0. The summed E-state index contributed by atoms with van der Waals surface area (Å²) in [6, 6.07) is 5.72. The lowest BCUT2D eigenvalue weighted by molar-refractivity contribution is -0.116. The minimum absolute atomic E-state index is 0.0675. The average molecular weight is 440 g/mol. The first-order valence-corrected chi connectivity index (χ1v) is 10.3. The molecule has 0 spiro atoms. The topological polar surface area (TPSA) is 133 Å². The van der Waals surface area contributed by atoms with E-state index in [9.17, 15) is 9.59 Å². The zero-order valence-corrected chi connectivity index (χ0v) is 18.2. The largest absolute Gasteiger partial charge is 0.345 e. The highest BCUT2D eigenvalue weighted by Gasteiger charge is 2.19. The molecule has 0 aliphatic heterocycles. The molecule has 10 heteroatoms. The van der Waals surface area contributed by atoms with Crippen molar-refractivity contribution >= 4 is 33.8 Å². The normalized spacial score (nSPS) is 11.2. The van der Waals surface area contributed by atoms with Gasteiger partial charge in [-0.05, 0) is 19.1 Å². The van der Waals surface area contributed by atoms with Gasteiger partial charge in [-0.15, -0.1) is 0 Å². The Morgan fingerprint density at radius 2 is 1.85 bits per heavy atom. The fourth-order valence-corrected chi connectivity index (χ4v) is 3.64. The van der Waals surface area contributed by atoms with E-state index in [1.165, 1.54) is 11.1 Å². The number of Topliss-reactive ketones (excluding diaryl/α,β-unsaturated/α-hetero) is 1. The fraction of sp³-hybridized carbons (Fsp3) is 0.174. The van der Waals surface area contributed by atoms with Gasteiger partial charge in [0.05, 0.1) is 22.7 Å². The molecule has 0 aromatic carbocycles. The van der Waals surface area contributed by atoms with E-state index in [0.717, 1.165) is 22.2 Å². The Balaban J connectivity index is 1.57. The van der Waals surface area contributed by atoms with Gasteiger partial charge >= 0.3 is 0 Å². The van der Waals surface area contributed by atoms with Crippen LogP contribution in [0.3, 0.4) is 0 Å². The molecule has 0 bridgehead atoms. The summed E-state index contributed by atoms with van der Waals surface area (Å²) < 4.78 is 0. The average Bonchev–Trinajstić information content (AvgIpc) is 3.42. The van der Waals surface area contributed by atoms with Gasteiger partial charge in [-0.2, -0.15) is 5.10 Å². The van der Waals surface area contributed by atoms with Crippen LogP contribution in [-0.2, 0) is 11.2 Å². The van der Waals surface area contributed by atoms with E-state index in [1.807, 2.05) is 18.2 Å². The van der Waals surface area contributed by atoms with Crippen LogP contribution in [0.15, 0.2) is 43.0 Å². The Morgan fingerprint density at radius 3 is 2.58 bits per heavy atom. The number of nitrogens with one attached hydrogen (secondary N) is 2. The van der Waals surface area contributed by atoms with Crippen LogP contribution in [0.4, 0.5) is 0 Å². The Hall–Kier alpha value is -4.47. The van der Waals surface area contributed by atoms with Crippen molar-refractivity contribution < 1.29 is 9.59 Å². The molecule has 0 aliphatic rings. The molecule has 0 radical (unpaired) electrons. The van der Waals surface area contributed by atoms with Crippen LogP contribution in [-0.4, -0.2) is 65.8 Å². The number of carbonyl (C=O) groups is 2. The maximum Gasteiger partial charge on any atom is 0.257 e. The minimum atomic E-state index is -0.176. The van der Waals surface area contributed by atoms with E-state index in [0.29, 0.717) is 40.2 Å². The van der Waals surface area contributed by atoms with Crippen molar-refractivity contribution in [1.82, 2.24) is 40.0 Å². The van der Waals surface area contributed by atoms with Crippen molar-refractivity contribution in [3.8, 4) is 22.6 Å². The molecule has 5 aromatic heterocycles. The predicted molar refractivity (Wildman–Crippen MR) is 122 cm³/mol. The molecule has 10 nitrogen and oxygen atoms in total. The maximum absolute atomic E-state index is 12.5. The molecule has 2 N–H and O–H groups in total. The number of aromatic nitrogens is 7. The summed E-state index contributed by atoms with van der Waals surface area (Å²) in [4.78, 5) is 46.2. The van der Waals surface area contributed by atoms with Gasteiger partial charge in [0.2, 0.25) is 0 Å². The van der Waals surface area contributed by atoms with Gasteiger partial charge in [0.1, 0.15) is 17.0 Å². The Kier molecular flexibility index (Phi) is 4.89. The molecular weight excluding hydrogens is 420 g/mol. The predicted octanol–water partition coefficient (Wildman–Crippen LogP) is 2.79. The number of hydrogen-bond donors (Lipinski definition) is 2. The number of H-pyrrole nitrogens is 2. The molecule has 5 aromatic rings. The monoisotopic (exact) mass is 440 g/mol. The molecule has 5 heterocycles. The first-order valence-electron chi connectivity index (χ1n) is 10.3. The first kappa shape index (κ1) is 20.4. The van der Waals surface area contributed by atoms with Crippen LogP contribution in [0.1, 0.15) is 23.0 Å². The third-order valence-electron chi connectivity index (χ3n) is 5.27. The van der Waals surface area contributed by atoms with Crippen LogP contribution in [0, 0.1) is 0 Å². The molecule has 0 saturated carbocycles. The van der Waals surface area contributed by atoms with E-state index in [1.54, 1.807) is 39.6 Å². The maximum atomic E-state index is 12.5. The van der Waals surface area contributed by atoms with Crippen molar-refractivity contribution in [3.05, 3.63) is 54.2 Å². The second-order valence-electron chi connectivity index (χ2n) is 7.98. The number of ketones is 1. The molecule has 1 amide bonds. The number of amides is 1. The van der Waals surface area contributed by atoms with Crippen LogP contribution >= 0.6 is 0 Å². The van der Waals surface area contributed by atoms with Crippen molar-refractivity contribution in [2.45, 2.75) is 13.3 Å². The highest BCUT2D eigenvalue weighted by atomic mass is 16.2. The molecule has 0 fully saturated rings. The summed E-state index contributed by atoms with van der Waals surface area (Å²) in [7, 11) is 3.37. The number of nitrogens with zero attached hydrogens (tertiary/aromatic N) is 6. The van der Waals surface area contributed by atoms with Gasteiger partial charge in [-0.25, -0.2) is 9.97 Å². The standard InChI is InChI=1S/C23H20N8O2/c1-12(32)6-15-5-4-13(8-25-15)14-7-16-20(29-30-21(16)26-9-14)22-27-18-11-24-10-17(19(18)28-22)23(33)31(2)3/h4-5,7-11H,6H2,1-3H3,(H,27,28)(H,26,29,30). The highest BCUT2D eigenvalue weighted by Crippen LogP contribution is 2.29. The van der Waals surface area contributed by atoms with E-state index in [-0.39, 0.29) is 11.7 Å². The number of carbonyl (C=O) groups excluding carboxylic acids is 2. The smallest absolute Gasteiger partial charge is 0.257 e. The number of hydrogen-bond acceptors (Lipinski definition) is 7. The number of pyridine rings is 3. The fourth-order valence-electron chi connectivity index (χ4n) is 3.64. The molecule has 0 aliphatic carbocycles. The van der Waals surface area contributed by atoms with Crippen molar-refractivity contribution in [1.29, 1.82) is 0 Å². The summed E-state index contributed by atoms with van der Waals surface area (Å²) in [6.07, 6.45) is 6.91. The van der Waals surface area contributed by atoms with Crippen LogP contribution < -0.4 is 0 Å². The zero-order chi connectivity index (χ0) is 23.1. The third kappa shape index (κ3) is 3.71. The van der Waals surface area contributed by atoms with Crippen LogP contribution in [0.5, 0.6) is 0 Å². The molecule has 0 unspecified atom stereocenters. The van der Waals surface area contributed by atoms with E-state index in [4.69, 9.17) is 0 Å². The molecule has 33 heavy (non-hydrogen) atoms. The number of imidazole rings is 1. The van der Waals surface area contributed by atoms with Crippen LogP contribution in [0.2, 0.25) is 0 Å². The van der Waals surface area contributed by atoms with Gasteiger partial charge < -0.3 is 9.88 Å². The molecule has 0 saturated heterocycles. The summed E-state index contributed by atoms with van der Waals surface area (Å²) in [5.41, 5.74) is 5.25. The third-order valence-corrected chi connectivity index (χ3v) is 5.27.